The largest absolute Gasteiger partial charge is 0.476 e. The molecular formula is C16H18ClN3O. The van der Waals surface area contributed by atoms with E-state index in [1.54, 1.807) is 6.20 Å². The molecule has 1 aliphatic rings. The van der Waals surface area contributed by atoms with Crippen LogP contribution in [0.3, 0.4) is 0 Å². The summed E-state index contributed by atoms with van der Waals surface area (Å²) in [5.41, 5.74) is 2.09. The summed E-state index contributed by atoms with van der Waals surface area (Å²) in [4.78, 5) is 8.54. The molecular weight excluding hydrogens is 286 g/mol. The van der Waals surface area contributed by atoms with Crippen molar-refractivity contribution in [3.05, 3.63) is 52.9 Å². The third-order valence-electron chi connectivity index (χ3n) is 3.36. The quantitative estimate of drug-likeness (QED) is 0.854. The number of nitrogens with zero attached hydrogens (tertiary/aromatic N) is 2. The molecule has 0 spiro atoms. The third-order valence-corrected chi connectivity index (χ3v) is 3.63. The number of aromatic nitrogens is 2. The minimum Gasteiger partial charge on any atom is -0.476 e. The molecule has 0 bridgehead atoms. The number of ether oxygens (including phenoxy) is 1. The highest BCUT2D eigenvalue weighted by molar-refractivity contribution is 6.31. The molecule has 3 rings (SSSR count). The Balaban J connectivity index is 1.50. The molecule has 0 atom stereocenters. The monoisotopic (exact) mass is 303 g/mol. The normalized spacial score (nSPS) is 14.1. The molecule has 0 amide bonds. The minimum atomic E-state index is 0.489. The lowest BCUT2D eigenvalue weighted by Crippen LogP contribution is -2.15. The molecule has 0 unspecified atom stereocenters. The van der Waals surface area contributed by atoms with E-state index in [0.29, 0.717) is 23.6 Å². The molecule has 4 nitrogen and oxygen atoms in total. The number of rotatable bonds is 7. The molecule has 1 fully saturated rings. The molecule has 21 heavy (non-hydrogen) atoms. The minimum absolute atomic E-state index is 0.489. The van der Waals surface area contributed by atoms with Gasteiger partial charge in [-0.3, -0.25) is 4.98 Å². The summed E-state index contributed by atoms with van der Waals surface area (Å²) in [6, 6.07) is 8.44. The summed E-state index contributed by atoms with van der Waals surface area (Å²) < 4.78 is 5.63. The van der Waals surface area contributed by atoms with Gasteiger partial charge >= 0.3 is 0 Å². The Hall–Kier alpha value is -1.65. The van der Waals surface area contributed by atoms with Crippen LogP contribution in [0.4, 0.5) is 0 Å². The van der Waals surface area contributed by atoms with Gasteiger partial charge in [-0.05, 0) is 36.6 Å². The van der Waals surface area contributed by atoms with Crippen molar-refractivity contribution in [2.24, 2.45) is 0 Å². The van der Waals surface area contributed by atoms with Crippen LogP contribution in [0.25, 0.3) is 0 Å². The van der Waals surface area contributed by atoms with E-state index in [2.05, 4.69) is 15.3 Å². The van der Waals surface area contributed by atoms with Crippen molar-refractivity contribution in [2.75, 3.05) is 6.61 Å². The second kappa shape index (κ2) is 6.87. The fraction of sp³-hybridized carbons (Fsp3) is 0.375. The first-order chi connectivity index (χ1) is 10.3. The van der Waals surface area contributed by atoms with Gasteiger partial charge in [-0.1, -0.05) is 17.7 Å². The van der Waals surface area contributed by atoms with Crippen LogP contribution in [0.5, 0.6) is 5.88 Å². The van der Waals surface area contributed by atoms with Crippen LogP contribution in [-0.4, -0.2) is 22.6 Å². The average molecular weight is 304 g/mol. The van der Waals surface area contributed by atoms with Gasteiger partial charge < -0.3 is 10.1 Å². The summed E-state index contributed by atoms with van der Waals surface area (Å²) >= 11 is 6.21. The smallest absolute Gasteiger partial charge is 0.232 e. The first-order valence-electron chi connectivity index (χ1n) is 7.22. The third kappa shape index (κ3) is 4.41. The second-order valence-corrected chi connectivity index (χ2v) is 5.61. The fourth-order valence-electron chi connectivity index (χ4n) is 2.02. The highest BCUT2D eigenvalue weighted by Crippen LogP contribution is 2.24. The molecule has 1 N–H and O–H groups in total. The topological polar surface area (TPSA) is 47.0 Å². The number of nitrogens with one attached hydrogen (secondary N) is 1. The van der Waals surface area contributed by atoms with Crippen molar-refractivity contribution in [3.8, 4) is 5.88 Å². The highest BCUT2D eigenvalue weighted by atomic mass is 35.5. The van der Waals surface area contributed by atoms with Gasteiger partial charge in [0.1, 0.15) is 5.02 Å². The summed E-state index contributed by atoms with van der Waals surface area (Å²) in [6.45, 7) is 1.33. The van der Waals surface area contributed by atoms with E-state index >= 15 is 0 Å². The lowest BCUT2D eigenvalue weighted by Gasteiger charge is -2.09. The zero-order valence-corrected chi connectivity index (χ0v) is 12.5. The lowest BCUT2D eigenvalue weighted by atomic mass is 10.3. The van der Waals surface area contributed by atoms with Crippen LogP contribution in [0.1, 0.15) is 24.1 Å². The van der Waals surface area contributed by atoms with E-state index in [1.165, 1.54) is 12.8 Å². The summed E-state index contributed by atoms with van der Waals surface area (Å²) in [7, 11) is 0. The molecule has 0 aliphatic heterocycles. The first-order valence-corrected chi connectivity index (χ1v) is 7.59. The van der Waals surface area contributed by atoms with Gasteiger partial charge in [0, 0.05) is 37.1 Å². The molecule has 2 aromatic heterocycles. The maximum Gasteiger partial charge on any atom is 0.232 e. The van der Waals surface area contributed by atoms with Gasteiger partial charge in [0.2, 0.25) is 5.88 Å². The fourth-order valence-corrected chi connectivity index (χ4v) is 2.26. The Morgan fingerprint density at radius 3 is 2.90 bits per heavy atom. The van der Waals surface area contributed by atoms with E-state index < -0.39 is 0 Å². The number of halogens is 1. The zero-order valence-electron chi connectivity index (χ0n) is 11.8. The number of pyridine rings is 2. The van der Waals surface area contributed by atoms with Gasteiger partial charge in [-0.2, -0.15) is 0 Å². The predicted molar refractivity (Wildman–Crippen MR) is 82.5 cm³/mol. The lowest BCUT2D eigenvalue weighted by molar-refractivity contribution is 0.308. The number of hydrogen-bond acceptors (Lipinski definition) is 4. The van der Waals surface area contributed by atoms with Crippen LogP contribution in [0.15, 0.2) is 36.7 Å². The molecule has 0 saturated heterocycles. The first kappa shape index (κ1) is 14.3. The van der Waals surface area contributed by atoms with E-state index in [1.807, 2.05) is 30.5 Å². The van der Waals surface area contributed by atoms with Gasteiger partial charge in [0.15, 0.2) is 0 Å². The van der Waals surface area contributed by atoms with Crippen molar-refractivity contribution in [3.63, 3.8) is 0 Å². The Morgan fingerprint density at radius 2 is 2.19 bits per heavy atom. The van der Waals surface area contributed by atoms with Gasteiger partial charge in [-0.25, -0.2) is 4.98 Å². The maximum absolute atomic E-state index is 6.21. The van der Waals surface area contributed by atoms with E-state index in [-0.39, 0.29) is 0 Å². The van der Waals surface area contributed by atoms with Crippen LogP contribution in [0.2, 0.25) is 5.02 Å². The Bertz CT molecular complexity index is 587. The van der Waals surface area contributed by atoms with Crippen molar-refractivity contribution < 1.29 is 4.74 Å². The van der Waals surface area contributed by atoms with Crippen LogP contribution in [0, 0.1) is 0 Å². The molecule has 2 aromatic rings. The summed E-state index contributed by atoms with van der Waals surface area (Å²) in [6.07, 6.45) is 6.88. The molecule has 0 aromatic carbocycles. The Morgan fingerprint density at radius 1 is 1.29 bits per heavy atom. The van der Waals surface area contributed by atoms with Crippen molar-refractivity contribution in [1.29, 1.82) is 0 Å². The Labute approximate surface area is 129 Å². The zero-order chi connectivity index (χ0) is 14.5. The average Bonchev–Trinajstić information content (AvgIpc) is 3.32. The summed E-state index contributed by atoms with van der Waals surface area (Å²) in [5, 5.41) is 4.00. The van der Waals surface area contributed by atoms with Crippen molar-refractivity contribution in [1.82, 2.24) is 15.3 Å². The maximum atomic E-state index is 6.21. The van der Waals surface area contributed by atoms with E-state index in [4.69, 9.17) is 16.3 Å². The molecule has 5 heteroatoms. The van der Waals surface area contributed by atoms with Crippen molar-refractivity contribution in [2.45, 2.75) is 31.8 Å². The molecule has 1 aliphatic carbocycles. The standard InChI is InChI=1S/C16H18ClN3O/c17-15-9-12(10-19-14-4-5-14)11-20-16(15)21-8-6-13-3-1-2-7-18-13/h1-3,7,9,11,14,19H,4-6,8,10H2. The van der Waals surface area contributed by atoms with E-state index in [9.17, 15) is 0 Å². The predicted octanol–water partition coefficient (Wildman–Crippen LogP) is 3.00. The molecule has 110 valence electrons. The second-order valence-electron chi connectivity index (χ2n) is 5.21. The SMILES string of the molecule is Clc1cc(CNC2CC2)cnc1OCCc1ccccn1. The van der Waals surface area contributed by atoms with Crippen LogP contribution in [-0.2, 0) is 13.0 Å². The van der Waals surface area contributed by atoms with Crippen LogP contribution >= 0.6 is 11.6 Å². The van der Waals surface area contributed by atoms with Crippen LogP contribution < -0.4 is 10.1 Å². The van der Waals surface area contributed by atoms with Gasteiger partial charge in [0.05, 0.1) is 6.61 Å². The van der Waals surface area contributed by atoms with E-state index in [0.717, 1.165) is 24.2 Å². The summed E-state index contributed by atoms with van der Waals surface area (Å²) in [5.74, 6) is 0.489. The van der Waals surface area contributed by atoms with Gasteiger partial charge in [0.25, 0.3) is 0 Å². The number of hydrogen-bond donors (Lipinski definition) is 1. The van der Waals surface area contributed by atoms with Crippen molar-refractivity contribution >= 4 is 11.6 Å². The Kier molecular flexibility index (Phi) is 4.68. The molecule has 2 heterocycles. The molecule has 1 saturated carbocycles. The van der Waals surface area contributed by atoms with Gasteiger partial charge in [-0.15, -0.1) is 0 Å². The highest BCUT2D eigenvalue weighted by Gasteiger charge is 2.20. The molecule has 0 radical (unpaired) electrons.